The molecule has 1 unspecified atom stereocenters. The number of nitro groups is 1. The largest absolute Gasteiger partial charge is 0.480 e. The lowest BCUT2D eigenvalue weighted by Crippen LogP contribution is -2.41. The first-order chi connectivity index (χ1) is 9.90. The van der Waals surface area contributed by atoms with Gasteiger partial charge in [-0.2, -0.15) is 0 Å². The van der Waals surface area contributed by atoms with Crippen LogP contribution >= 0.6 is 0 Å². The lowest BCUT2D eigenvalue weighted by Gasteiger charge is -2.12. The van der Waals surface area contributed by atoms with Crippen molar-refractivity contribution in [3.05, 3.63) is 40.1 Å². The molecular formula is C13H13N3O5. The average Bonchev–Trinajstić information content (AvgIpc) is 2.80. The van der Waals surface area contributed by atoms with Gasteiger partial charge in [-0.15, -0.1) is 0 Å². The van der Waals surface area contributed by atoms with Crippen LogP contribution in [0.15, 0.2) is 24.4 Å². The fraction of sp³-hybridized carbons (Fsp3) is 0.231. The van der Waals surface area contributed by atoms with Gasteiger partial charge in [0.1, 0.15) is 6.04 Å². The van der Waals surface area contributed by atoms with E-state index < -0.39 is 22.8 Å². The Morgan fingerprint density at radius 2 is 2.19 bits per heavy atom. The quantitative estimate of drug-likeness (QED) is 0.564. The number of hydrogen-bond acceptors (Lipinski definition) is 4. The van der Waals surface area contributed by atoms with Gasteiger partial charge in [0.05, 0.1) is 15.8 Å². The highest BCUT2D eigenvalue weighted by molar-refractivity contribution is 5.92. The topological polar surface area (TPSA) is 125 Å². The van der Waals surface area contributed by atoms with E-state index >= 15 is 0 Å². The van der Waals surface area contributed by atoms with Gasteiger partial charge in [-0.1, -0.05) is 6.07 Å². The van der Waals surface area contributed by atoms with Crippen LogP contribution in [-0.2, 0) is 16.0 Å². The SMILES string of the molecule is CC(=O)NC(Cc1c[nH]c2cccc([N+](=O)[O-])c12)C(=O)O. The average molecular weight is 291 g/mol. The van der Waals surface area contributed by atoms with Crippen molar-refractivity contribution < 1.29 is 19.6 Å². The zero-order chi connectivity index (χ0) is 15.6. The number of aromatic amines is 1. The van der Waals surface area contributed by atoms with Crippen molar-refractivity contribution in [2.75, 3.05) is 0 Å². The summed E-state index contributed by atoms with van der Waals surface area (Å²) in [6.45, 7) is 1.22. The Hall–Kier alpha value is -2.90. The summed E-state index contributed by atoms with van der Waals surface area (Å²) < 4.78 is 0. The lowest BCUT2D eigenvalue weighted by atomic mass is 10.0. The number of nitrogens with zero attached hydrogens (tertiary/aromatic N) is 1. The van der Waals surface area contributed by atoms with E-state index in [0.717, 1.165) is 0 Å². The van der Waals surface area contributed by atoms with Gasteiger partial charge in [0, 0.05) is 25.6 Å². The predicted molar refractivity (Wildman–Crippen MR) is 73.9 cm³/mol. The van der Waals surface area contributed by atoms with Crippen LogP contribution in [0.3, 0.4) is 0 Å². The summed E-state index contributed by atoms with van der Waals surface area (Å²) >= 11 is 0. The highest BCUT2D eigenvalue weighted by Gasteiger charge is 2.23. The number of benzene rings is 1. The van der Waals surface area contributed by atoms with Crippen LogP contribution < -0.4 is 5.32 Å². The molecule has 8 heteroatoms. The second-order valence-electron chi connectivity index (χ2n) is 4.57. The Kier molecular flexibility index (Phi) is 3.88. The number of carboxylic acids is 1. The molecule has 1 atom stereocenters. The molecule has 3 N–H and O–H groups in total. The maximum Gasteiger partial charge on any atom is 0.326 e. The zero-order valence-corrected chi connectivity index (χ0v) is 11.1. The smallest absolute Gasteiger partial charge is 0.326 e. The molecule has 1 aromatic heterocycles. The van der Waals surface area contributed by atoms with Gasteiger partial charge in [-0.3, -0.25) is 14.9 Å². The fourth-order valence-electron chi connectivity index (χ4n) is 2.21. The van der Waals surface area contributed by atoms with E-state index in [4.69, 9.17) is 5.11 Å². The van der Waals surface area contributed by atoms with Crippen molar-refractivity contribution >= 4 is 28.5 Å². The summed E-state index contributed by atoms with van der Waals surface area (Å²) in [6, 6.07) is 3.43. The highest BCUT2D eigenvalue weighted by atomic mass is 16.6. The number of aromatic nitrogens is 1. The number of aliphatic carboxylic acids is 1. The lowest BCUT2D eigenvalue weighted by molar-refractivity contribution is -0.383. The third-order valence-electron chi connectivity index (χ3n) is 3.06. The van der Waals surface area contributed by atoms with Crippen molar-refractivity contribution in [3.8, 4) is 0 Å². The third-order valence-corrected chi connectivity index (χ3v) is 3.06. The minimum Gasteiger partial charge on any atom is -0.480 e. The molecule has 0 aliphatic carbocycles. The molecular weight excluding hydrogens is 278 g/mol. The van der Waals surface area contributed by atoms with Crippen LogP contribution in [0.4, 0.5) is 5.69 Å². The Bertz CT molecular complexity index is 722. The number of fused-ring (bicyclic) bond motifs is 1. The van der Waals surface area contributed by atoms with Crippen LogP contribution in [0.25, 0.3) is 10.9 Å². The molecule has 0 bridgehead atoms. The molecule has 1 amide bonds. The molecule has 0 radical (unpaired) electrons. The molecule has 0 saturated carbocycles. The first-order valence-corrected chi connectivity index (χ1v) is 6.13. The number of hydrogen-bond donors (Lipinski definition) is 3. The summed E-state index contributed by atoms with van der Waals surface area (Å²) in [6.07, 6.45) is 1.48. The van der Waals surface area contributed by atoms with Crippen molar-refractivity contribution in [3.63, 3.8) is 0 Å². The number of rotatable bonds is 5. The van der Waals surface area contributed by atoms with Crippen LogP contribution in [0, 0.1) is 10.1 Å². The highest BCUT2D eigenvalue weighted by Crippen LogP contribution is 2.29. The number of H-pyrrole nitrogens is 1. The number of carbonyl (C=O) groups is 2. The van der Waals surface area contributed by atoms with Crippen LogP contribution in [-0.4, -0.2) is 32.9 Å². The Balaban J connectivity index is 2.44. The molecule has 2 aromatic rings. The minimum absolute atomic E-state index is 0.0419. The van der Waals surface area contributed by atoms with Gasteiger partial charge < -0.3 is 15.4 Å². The molecule has 1 aromatic carbocycles. The molecule has 0 saturated heterocycles. The number of carbonyl (C=O) groups excluding carboxylic acids is 1. The monoisotopic (exact) mass is 291 g/mol. The van der Waals surface area contributed by atoms with E-state index in [1.807, 2.05) is 0 Å². The first-order valence-electron chi connectivity index (χ1n) is 6.13. The standard InChI is InChI=1S/C13H13N3O5/c1-7(17)15-10(13(18)19)5-8-6-14-9-3-2-4-11(12(8)9)16(20)21/h2-4,6,10,14H,5H2,1H3,(H,15,17)(H,18,19). The fourth-order valence-corrected chi connectivity index (χ4v) is 2.21. The van der Waals surface area contributed by atoms with Gasteiger partial charge in [-0.25, -0.2) is 4.79 Å². The Morgan fingerprint density at radius 3 is 2.76 bits per heavy atom. The van der Waals surface area contributed by atoms with Crippen molar-refractivity contribution in [1.82, 2.24) is 10.3 Å². The van der Waals surface area contributed by atoms with Crippen LogP contribution in [0.2, 0.25) is 0 Å². The molecule has 2 rings (SSSR count). The normalized spacial score (nSPS) is 12.0. The molecule has 0 spiro atoms. The second kappa shape index (κ2) is 5.61. The molecule has 1 heterocycles. The van der Waals surface area contributed by atoms with Gasteiger partial charge >= 0.3 is 5.97 Å². The minimum atomic E-state index is -1.20. The molecule has 21 heavy (non-hydrogen) atoms. The molecule has 110 valence electrons. The molecule has 0 fully saturated rings. The van der Waals surface area contributed by atoms with E-state index in [1.165, 1.54) is 19.2 Å². The van der Waals surface area contributed by atoms with Crippen molar-refractivity contribution in [2.45, 2.75) is 19.4 Å². The predicted octanol–water partition coefficient (Wildman–Crippen LogP) is 1.21. The number of non-ortho nitro benzene ring substituents is 1. The zero-order valence-electron chi connectivity index (χ0n) is 11.1. The van der Waals surface area contributed by atoms with E-state index in [-0.39, 0.29) is 12.1 Å². The number of carboxylic acid groups (broad SMARTS) is 1. The Morgan fingerprint density at radius 1 is 1.48 bits per heavy atom. The summed E-state index contributed by atoms with van der Waals surface area (Å²) in [5.74, 6) is -1.67. The van der Waals surface area contributed by atoms with Crippen molar-refractivity contribution in [2.24, 2.45) is 0 Å². The summed E-state index contributed by atoms with van der Waals surface area (Å²) in [4.78, 5) is 35.6. The first kappa shape index (κ1) is 14.5. The molecule has 0 aliphatic rings. The van der Waals surface area contributed by atoms with E-state index in [1.54, 1.807) is 12.1 Å². The van der Waals surface area contributed by atoms with E-state index in [2.05, 4.69) is 10.3 Å². The van der Waals surface area contributed by atoms with Gasteiger partial charge in [0.25, 0.3) is 5.69 Å². The Labute approximate surface area is 118 Å². The summed E-state index contributed by atoms with van der Waals surface area (Å²) in [5, 5.41) is 22.8. The van der Waals surface area contributed by atoms with E-state index in [9.17, 15) is 19.7 Å². The molecule has 0 aliphatic heterocycles. The van der Waals surface area contributed by atoms with Crippen LogP contribution in [0.1, 0.15) is 12.5 Å². The number of nitrogens with one attached hydrogen (secondary N) is 2. The van der Waals surface area contributed by atoms with Gasteiger partial charge in [-0.05, 0) is 11.6 Å². The summed E-state index contributed by atoms with van der Waals surface area (Å²) in [7, 11) is 0. The maximum absolute atomic E-state index is 11.2. The third kappa shape index (κ3) is 2.99. The molecule has 8 nitrogen and oxygen atoms in total. The maximum atomic E-state index is 11.2. The van der Waals surface area contributed by atoms with Crippen LogP contribution in [0.5, 0.6) is 0 Å². The van der Waals surface area contributed by atoms with Gasteiger partial charge in [0.2, 0.25) is 5.91 Å². The number of amides is 1. The summed E-state index contributed by atoms with van der Waals surface area (Å²) in [5.41, 5.74) is 0.917. The number of nitro benzene ring substituents is 1. The van der Waals surface area contributed by atoms with Gasteiger partial charge in [0.15, 0.2) is 0 Å². The van der Waals surface area contributed by atoms with E-state index in [0.29, 0.717) is 16.5 Å². The van der Waals surface area contributed by atoms with Crippen molar-refractivity contribution in [1.29, 1.82) is 0 Å². The second-order valence-corrected chi connectivity index (χ2v) is 4.57.